The van der Waals surface area contributed by atoms with E-state index in [9.17, 15) is 18.0 Å². The van der Waals surface area contributed by atoms with E-state index in [0.29, 0.717) is 18.5 Å². The average molecular weight is 371 g/mol. The van der Waals surface area contributed by atoms with Gasteiger partial charge >= 0.3 is 5.97 Å². The molecule has 2 atom stereocenters. The van der Waals surface area contributed by atoms with Crippen molar-refractivity contribution in [2.24, 2.45) is 11.8 Å². The third-order valence-electron chi connectivity index (χ3n) is 5.02. The highest BCUT2D eigenvalue weighted by Gasteiger charge is 2.44. The second kappa shape index (κ2) is 6.41. The number of nitrogens with zero attached hydrogens (tertiary/aromatic N) is 3. The van der Waals surface area contributed by atoms with E-state index in [1.807, 2.05) is 0 Å². The summed E-state index contributed by atoms with van der Waals surface area (Å²) in [6.07, 6.45) is 1.10. The maximum absolute atomic E-state index is 12.8. The van der Waals surface area contributed by atoms with Crippen LogP contribution in [0.25, 0.3) is 0 Å². The summed E-state index contributed by atoms with van der Waals surface area (Å²) < 4.78 is 31.8. The minimum absolute atomic E-state index is 0.0808. The predicted octanol–water partition coefficient (Wildman–Crippen LogP) is 0.235. The molecule has 9 nitrogen and oxygen atoms in total. The van der Waals surface area contributed by atoms with Crippen molar-refractivity contribution >= 4 is 21.9 Å². The molecule has 1 amide bonds. The van der Waals surface area contributed by atoms with Crippen LogP contribution in [0.15, 0.2) is 9.42 Å². The van der Waals surface area contributed by atoms with Crippen molar-refractivity contribution in [1.82, 2.24) is 14.4 Å². The van der Waals surface area contributed by atoms with Crippen molar-refractivity contribution < 1.29 is 27.6 Å². The molecule has 1 N–H and O–H groups in total. The first-order chi connectivity index (χ1) is 11.7. The van der Waals surface area contributed by atoms with E-state index in [0.717, 1.165) is 0 Å². The maximum atomic E-state index is 12.8. The molecule has 2 unspecified atom stereocenters. The van der Waals surface area contributed by atoms with Gasteiger partial charge in [0.15, 0.2) is 5.76 Å². The fourth-order valence-electron chi connectivity index (χ4n) is 3.45. The Kier molecular flexibility index (Phi) is 4.58. The van der Waals surface area contributed by atoms with Gasteiger partial charge in [0.2, 0.25) is 15.9 Å². The zero-order chi connectivity index (χ0) is 18.4. The third kappa shape index (κ3) is 3.04. The summed E-state index contributed by atoms with van der Waals surface area (Å²) in [7, 11) is -3.72. The van der Waals surface area contributed by atoms with Crippen molar-refractivity contribution in [3.05, 3.63) is 11.5 Å². The van der Waals surface area contributed by atoms with Crippen LogP contribution < -0.4 is 0 Å². The van der Waals surface area contributed by atoms with E-state index in [4.69, 9.17) is 9.63 Å². The Bertz CT molecular complexity index is 775. The van der Waals surface area contributed by atoms with Crippen LogP contribution in [-0.4, -0.2) is 65.9 Å². The van der Waals surface area contributed by atoms with E-state index in [1.165, 1.54) is 4.31 Å². The van der Waals surface area contributed by atoms with Gasteiger partial charge in [-0.2, -0.15) is 4.31 Å². The summed E-state index contributed by atoms with van der Waals surface area (Å²) >= 11 is 0. The second-order valence-corrected chi connectivity index (χ2v) is 8.39. The summed E-state index contributed by atoms with van der Waals surface area (Å²) in [5, 5.41) is 12.8. The minimum atomic E-state index is -3.72. The standard InChI is InChI=1S/C15H21N3O6S/c1-9-13(10(2)24-16-9)25(22,23)18-7-5-17(6-8-18)14(19)11-3-4-12(11)15(20)21/h11-12H,3-8H2,1-2H3,(H,20,21). The minimum Gasteiger partial charge on any atom is -0.481 e. The highest BCUT2D eigenvalue weighted by Crippen LogP contribution is 2.36. The van der Waals surface area contributed by atoms with Crippen LogP contribution in [0.1, 0.15) is 24.3 Å². The molecule has 1 aliphatic carbocycles. The van der Waals surface area contributed by atoms with E-state index in [2.05, 4.69) is 5.16 Å². The van der Waals surface area contributed by atoms with Gasteiger partial charge in [0.25, 0.3) is 0 Å². The maximum Gasteiger partial charge on any atom is 0.307 e. The molecule has 1 aromatic heterocycles. The fraction of sp³-hybridized carbons (Fsp3) is 0.667. The molecule has 25 heavy (non-hydrogen) atoms. The van der Waals surface area contributed by atoms with Crippen molar-refractivity contribution in [2.75, 3.05) is 26.2 Å². The molecule has 2 fully saturated rings. The molecule has 10 heteroatoms. The van der Waals surface area contributed by atoms with E-state index in [1.54, 1.807) is 18.7 Å². The van der Waals surface area contributed by atoms with Gasteiger partial charge in [-0.3, -0.25) is 9.59 Å². The lowest BCUT2D eigenvalue weighted by atomic mass is 9.73. The molecule has 1 saturated carbocycles. The Balaban J connectivity index is 1.66. The van der Waals surface area contributed by atoms with Gasteiger partial charge in [0.1, 0.15) is 10.6 Å². The molecule has 0 bridgehead atoms. The average Bonchev–Trinajstić information content (AvgIpc) is 2.85. The van der Waals surface area contributed by atoms with Crippen LogP contribution in [-0.2, 0) is 19.6 Å². The number of aromatic nitrogens is 1. The lowest BCUT2D eigenvalue weighted by molar-refractivity contribution is -0.157. The number of carbonyl (C=O) groups excluding carboxylic acids is 1. The molecule has 1 aliphatic heterocycles. The molecular weight excluding hydrogens is 350 g/mol. The van der Waals surface area contributed by atoms with Crippen molar-refractivity contribution in [3.8, 4) is 0 Å². The Morgan fingerprint density at radius 3 is 2.16 bits per heavy atom. The SMILES string of the molecule is Cc1noc(C)c1S(=O)(=O)N1CCN(C(=O)C2CCC2C(=O)O)CC1. The van der Waals surface area contributed by atoms with Crippen LogP contribution in [0.2, 0.25) is 0 Å². The molecule has 0 spiro atoms. The normalized spacial score (nSPS) is 24.8. The number of aliphatic carboxylic acids is 1. The van der Waals surface area contributed by atoms with Gasteiger partial charge in [-0.1, -0.05) is 5.16 Å². The number of rotatable bonds is 4. The lowest BCUT2D eigenvalue weighted by Gasteiger charge is -2.39. The van der Waals surface area contributed by atoms with Crippen molar-refractivity contribution in [1.29, 1.82) is 0 Å². The number of sulfonamides is 1. The Morgan fingerprint density at radius 1 is 1.12 bits per heavy atom. The number of amides is 1. The number of carbonyl (C=O) groups is 2. The third-order valence-corrected chi connectivity index (χ3v) is 7.17. The van der Waals surface area contributed by atoms with Gasteiger partial charge in [-0.15, -0.1) is 0 Å². The molecule has 3 rings (SSSR count). The zero-order valence-corrected chi connectivity index (χ0v) is 15.0. The first kappa shape index (κ1) is 17.9. The van der Waals surface area contributed by atoms with Gasteiger partial charge in [-0.05, 0) is 26.7 Å². The van der Waals surface area contributed by atoms with E-state index < -0.39 is 27.8 Å². The van der Waals surface area contributed by atoms with E-state index >= 15 is 0 Å². The molecule has 2 aliphatic rings. The first-order valence-electron chi connectivity index (χ1n) is 8.18. The van der Waals surface area contributed by atoms with Gasteiger partial charge in [-0.25, -0.2) is 8.42 Å². The molecule has 1 saturated heterocycles. The number of piperazine rings is 1. The summed E-state index contributed by atoms with van der Waals surface area (Å²) in [5.41, 5.74) is 0.315. The molecule has 0 radical (unpaired) electrons. The highest BCUT2D eigenvalue weighted by atomic mass is 32.2. The Morgan fingerprint density at radius 2 is 1.72 bits per heavy atom. The number of aryl methyl sites for hydroxylation is 2. The van der Waals surface area contributed by atoms with E-state index in [-0.39, 0.29) is 42.7 Å². The summed E-state index contributed by atoms with van der Waals surface area (Å²) in [5.74, 6) is -1.98. The lowest BCUT2D eigenvalue weighted by Crippen LogP contribution is -2.54. The van der Waals surface area contributed by atoms with Gasteiger partial charge in [0, 0.05) is 26.2 Å². The van der Waals surface area contributed by atoms with Crippen LogP contribution in [0, 0.1) is 25.7 Å². The fourth-order valence-corrected chi connectivity index (χ4v) is 5.16. The van der Waals surface area contributed by atoms with Crippen LogP contribution >= 0.6 is 0 Å². The first-order valence-corrected chi connectivity index (χ1v) is 9.62. The molecule has 0 aromatic carbocycles. The smallest absolute Gasteiger partial charge is 0.307 e. The van der Waals surface area contributed by atoms with Crippen LogP contribution in [0.5, 0.6) is 0 Å². The molecule has 1 aromatic rings. The summed E-state index contributed by atoms with van der Waals surface area (Å²) in [4.78, 5) is 25.2. The Labute approximate surface area is 145 Å². The van der Waals surface area contributed by atoms with Gasteiger partial charge in [0.05, 0.1) is 11.8 Å². The van der Waals surface area contributed by atoms with Gasteiger partial charge < -0.3 is 14.5 Å². The molecule has 138 valence electrons. The van der Waals surface area contributed by atoms with Crippen molar-refractivity contribution in [3.63, 3.8) is 0 Å². The number of carboxylic acid groups (broad SMARTS) is 1. The predicted molar refractivity (Wildman–Crippen MR) is 85.2 cm³/mol. The highest BCUT2D eigenvalue weighted by molar-refractivity contribution is 7.89. The van der Waals surface area contributed by atoms with Crippen LogP contribution in [0.4, 0.5) is 0 Å². The summed E-state index contributed by atoms with van der Waals surface area (Å²) in [6.45, 7) is 3.97. The topological polar surface area (TPSA) is 121 Å². The molecular formula is C15H21N3O6S. The summed E-state index contributed by atoms with van der Waals surface area (Å²) in [6, 6.07) is 0. The zero-order valence-electron chi connectivity index (χ0n) is 14.1. The quantitative estimate of drug-likeness (QED) is 0.804. The Hall–Kier alpha value is -1.94. The second-order valence-electron chi connectivity index (χ2n) is 6.51. The molecule has 2 heterocycles. The number of hydrogen-bond acceptors (Lipinski definition) is 6. The van der Waals surface area contributed by atoms with Crippen LogP contribution in [0.3, 0.4) is 0 Å². The number of carboxylic acids is 1. The van der Waals surface area contributed by atoms with Crippen molar-refractivity contribution in [2.45, 2.75) is 31.6 Å². The largest absolute Gasteiger partial charge is 0.481 e. The monoisotopic (exact) mass is 371 g/mol. The number of hydrogen-bond donors (Lipinski definition) is 1.